The van der Waals surface area contributed by atoms with Gasteiger partial charge in [-0.15, -0.1) is 0 Å². The van der Waals surface area contributed by atoms with E-state index in [1.165, 1.54) is 12.3 Å². The van der Waals surface area contributed by atoms with Gasteiger partial charge in [0.2, 0.25) is 0 Å². The van der Waals surface area contributed by atoms with Gasteiger partial charge in [0, 0.05) is 56.4 Å². The Morgan fingerprint density at radius 2 is 1.85 bits per heavy atom. The van der Waals surface area contributed by atoms with Crippen molar-refractivity contribution in [1.82, 2.24) is 29.7 Å². The van der Waals surface area contributed by atoms with Crippen LogP contribution in [0.4, 0.5) is 23.4 Å². The highest BCUT2D eigenvalue weighted by Gasteiger charge is 2.45. The molecule has 0 N–H and O–H groups in total. The van der Waals surface area contributed by atoms with Crippen LogP contribution in [0.1, 0.15) is 32.1 Å². The zero-order valence-corrected chi connectivity index (χ0v) is 29.9. The van der Waals surface area contributed by atoms with Crippen LogP contribution in [0.25, 0.3) is 32.9 Å². The van der Waals surface area contributed by atoms with Crippen molar-refractivity contribution < 1.29 is 27.1 Å². The summed E-state index contributed by atoms with van der Waals surface area (Å²) in [6.45, 7) is 4.42. The van der Waals surface area contributed by atoms with Crippen LogP contribution in [0.3, 0.4) is 0 Å². The summed E-state index contributed by atoms with van der Waals surface area (Å²) < 4.78 is 60.4. The van der Waals surface area contributed by atoms with Crippen molar-refractivity contribution in [3.8, 4) is 29.1 Å². The number of amides is 1. The lowest BCUT2D eigenvalue weighted by Crippen LogP contribution is -2.48. The Balaban J connectivity index is 0.00000207. The third-order valence-corrected chi connectivity index (χ3v) is 11.2. The number of carbonyl (C=O) groups excluding carboxylic acids is 1. The molecular formula is C38H40ClF4N7O2. The number of fused-ring (bicyclic) bond motifs is 3. The smallest absolute Gasteiger partial charge is 0.319 e. The summed E-state index contributed by atoms with van der Waals surface area (Å²) >= 11 is 6.42. The molecular weight excluding hydrogens is 698 g/mol. The highest BCUT2D eigenvalue weighted by atomic mass is 35.5. The van der Waals surface area contributed by atoms with Gasteiger partial charge in [-0.25, -0.2) is 13.2 Å². The molecule has 4 aliphatic rings. The summed E-state index contributed by atoms with van der Waals surface area (Å²) in [6.07, 6.45) is 5.62. The fourth-order valence-corrected chi connectivity index (χ4v) is 8.34. The van der Waals surface area contributed by atoms with Crippen LogP contribution in [0.15, 0.2) is 36.5 Å². The van der Waals surface area contributed by atoms with Crippen LogP contribution in [-0.4, -0.2) is 120 Å². The number of halogens is 5. The SMILES string of the molecule is CF.CN(c1nc(OCC23CCCN2CCC3)nc2c(F)c(-c3cccc4ccc(F)c(Cl)c34)ncc12)C1CCN(C(=O)C#CCN2CC(F)C2)C1. The number of ether oxygens (including phenoxy) is 1. The van der Waals surface area contributed by atoms with Crippen molar-refractivity contribution in [2.24, 2.45) is 0 Å². The molecule has 274 valence electrons. The van der Waals surface area contributed by atoms with Crippen molar-refractivity contribution in [2.75, 3.05) is 71.5 Å². The van der Waals surface area contributed by atoms with Crippen molar-refractivity contribution in [3.05, 3.63) is 53.2 Å². The van der Waals surface area contributed by atoms with E-state index in [1.54, 1.807) is 29.2 Å². The van der Waals surface area contributed by atoms with Gasteiger partial charge in [-0.1, -0.05) is 41.8 Å². The molecule has 0 bridgehead atoms. The zero-order valence-electron chi connectivity index (χ0n) is 29.1. The Kier molecular flexibility index (Phi) is 10.4. The maximum absolute atomic E-state index is 16.8. The van der Waals surface area contributed by atoms with Crippen LogP contribution < -0.4 is 9.64 Å². The summed E-state index contributed by atoms with van der Waals surface area (Å²) in [5, 5.41) is 1.28. The fourth-order valence-electron chi connectivity index (χ4n) is 8.07. The Morgan fingerprint density at radius 3 is 2.60 bits per heavy atom. The predicted octanol–water partition coefficient (Wildman–Crippen LogP) is 6.06. The van der Waals surface area contributed by atoms with Crippen molar-refractivity contribution in [1.29, 1.82) is 0 Å². The van der Waals surface area contributed by atoms with Crippen LogP contribution >= 0.6 is 11.6 Å². The lowest BCUT2D eigenvalue weighted by molar-refractivity contribution is -0.124. The van der Waals surface area contributed by atoms with Crippen molar-refractivity contribution >= 4 is 45.0 Å². The average molecular weight is 738 g/mol. The van der Waals surface area contributed by atoms with Gasteiger partial charge in [0.05, 0.1) is 29.7 Å². The monoisotopic (exact) mass is 737 g/mol. The minimum atomic E-state index is -0.817. The highest BCUT2D eigenvalue weighted by molar-refractivity contribution is 6.36. The zero-order chi connectivity index (χ0) is 36.6. The normalized spacial score (nSPS) is 19.9. The summed E-state index contributed by atoms with van der Waals surface area (Å²) in [6, 6.07) is 8.00. The van der Waals surface area contributed by atoms with E-state index in [4.69, 9.17) is 21.3 Å². The van der Waals surface area contributed by atoms with Crippen LogP contribution in [0.5, 0.6) is 6.01 Å². The molecule has 52 heavy (non-hydrogen) atoms. The van der Waals surface area contributed by atoms with Gasteiger partial charge in [0.15, 0.2) is 5.82 Å². The Labute approximate surface area is 304 Å². The Bertz CT molecular complexity index is 2040. The molecule has 9 nitrogen and oxygen atoms in total. The van der Waals surface area contributed by atoms with Gasteiger partial charge >= 0.3 is 6.01 Å². The number of nitrogens with zero attached hydrogens (tertiary/aromatic N) is 7. The summed E-state index contributed by atoms with van der Waals surface area (Å²) in [4.78, 5) is 34.9. The number of aromatic nitrogens is 3. The highest BCUT2D eigenvalue weighted by Crippen LogP contribution is 2.41. The number of hydrogen-bond donors (Lipinski definition) is 0. The molecule has 2 aromatic heterocycles. The second-order valence-corrected chi connectivity index (χ2v) is 14.3. The number of benzene rings is 2. The molecule has 0 spiro atoms. The summed E-state index contributed by atoms with van der Waals surface area (Å²) in [5.41, 5.74) is 0.282. The maximum Gasteiger partial charge on any atom is 0.319 e. The van der Waals surface area contributed by atoms with E-state index >= 15 is 4.39 Å². The van der Waals surface area contributed by atoms with Gasteiger partial charge in [-0.2, -0.15) is 9.97 Å². The first-order chi connectivity index (χ1) is 25.2. The topological polar surface area (TPSA) is 77.9 Å². The molecule has 6 heterocycles. The van der Waals surface area contributed by atoms with Gasteiger partial charge in [-0.05, 0) is 62.6 Å². The quantitative estimate of drug-likeness (QED) is 0.167. The number of likely N-dealkylation sites (N-methyl/N-ethyl adjacent to an activating group) is 1. The summed E-state index contributed by atoms with van der Waals surface area (Å²) in [7, 11) is 2.36. The van der Waals surface area contributed by atoms with E-state index in [0.717, 1.165) is 38.8 Å². The fraction of sp³-hybridized carbons (Fsp3) is 0.474. The standard InChI is InChI=1S/C37H37ClF3N7O2.CH3F/c1-45(25-11-17-47(21-25)29(49)8-3-14-46-19-24(39)20-46)35-27-18-42-33(26-7-2-6-23-9-10-28(40)31(38)30(23)26)32(41)34(27)43-36(44-35)50-22-37-12-4-15-48(37)16-5-13-37;1-2/h2,6-7,9-10,18,24-25H,4-5,11-17,19-22H2,1H3;1H3. The van der Waals surface area contributed by atoms with E-state index in [0.29, 0.717) is 80.5 Å². The maximum atomic E-state index is 16.8. The van der Waals surface area contributed by atoms with E-state index < -0.39 is 17.8 Å². The van der Waals surface area contributed by atoms with Gasteiger partial charge < -0.3 is 14.5 Å². The number of alkyl halides is 2. The molecule has 8 rings (SSSR count). The molecule has 4 aliphatic heterocycles. The third-order valence-electron chi connectivity index (χ3n) is 10.9. The first-order valence-corrected chi connectivity index (χ1v) is 17.9. The van der Waals surface area contributed by atoms with Crippen LogP contribution in [0, 0.1) is 23.5 Å². The number of pyridine rings is 1. The van der Waals surface area contributed by atoms with Crippen molar-refractivity contribution in [2.45, 2.75) is 49.9 Å². The van der Waals surface area contributed by atoms with Crippen LogP contribution in [-0.2, 0) is 4.79 Å². The molecule has 0 radical (unpaired) electrons. The summed E-state index contributed by atoms with van der Waals surface area (Å²) in [5.74, 6) is 4.42. The molecule has 0 saturated carbocycles. The largest absolute Gasteiger partial charge is 0.461 e. The molecule has 2 aromatic carbocycles. The lowest BCUT2D eigenvalue weighted by Gasteiger charge is -2.32. The average Bonchev–Trinajstić information content (AvgIpc) is 3.89. The first-order valence-electron chi connectivity index (χ1n) is 17.6. The minimum Gasteiger partial charge on any atom is -0.461 e. The lowest BCUT2D eigenvalue weighted by atomic mass is 9.95. The molecule has 1 unspecified atom stereocenters. The molecule has 0 aliphatic carbocycles. The second-order valence-electron chi connectivity index (χ2n) is 13.9. The van der Waals surface area contributed by atoms with Gasteiger partial charge in [0.25, 0.3) is 5.91 Å². The molecule has 14 heteroatoms. The molecule has 4 aromatic rings. The van der Waals surface area contributed by atoms with Crippen molar-refractivity contribution in [3.63, 3.8) is 0 Å². The Morgan fingerprint density at radius 1 is 1.08 bits per heavy atom. The number of hydrogen-bond acceptors (Lipinski definition) is 8. The Hall–Kier alpha value is -4.25. The number of likely N-dealkylation sites (tertiary alicyclic amines) is 2. The molecule has 1 atom stereocenters. The van der Waals surface area contributed by atoms with Gasteiger partial charge in [-0.3, -0.25) is 24.0 Å². The van der Waals surface area contributed by atoms with E-state index in [1.807, 2.05) is 16.8 Å². The first kappa shape index (κ1) is 36.1. The molecule has 4 fully saturated rings. The van der Waals surface area contributed by atoms with E-state index in [-0.39, 0.29) is 39.7 Å². The molecule has 4 saturated heterocycles. The third kappa shape index (κ3) is 6.72. The number of carbonyl (C=O) groups is 1. The second kappa shape index (κ2) is 15.0. The number of anilines is 1. The molecule has 1 amide bonds. The minimum absolute atomic E-state index is 0.0123. The van der Waals surface area contributed by atoms with E-state index in [2.05, 4.69) is 26.7 Å². The predicted molar refractivity (Wildman–Crippen MR) is 193 cm³/mol. The van der Waals surface area contributed by atoms with Crippen LogP contribution in [0.2, 0.25) is 5.02 Å². The number of rotatable bonds is 7. The van der Waals surface area contributed by atoms with E-state index in [9.17, 15) is 18.0 Å². The van der Waals surface area contributed by atoms with Gasteiger partial charge in [0.1, 0.15) is 35.6 Å².